The fourth-order valence-corrected chi connectivity index (χ4v) is 1.76. The normalized spacial score (nSPS) is 13.7. The SMILES string of the molecule is NCc1nnc(Nc2ccc3c(c2)COC3)o1. The number of hydrogen-bond acceptors (Lipinski definition) is 6. The number of anilines is 2. The molecule has 1 aliphatic heterocycles. The molecule has 0 radical (unpaired) electrons. The van der Waals surface area contributed by atoms with Crippen molar-refractivity contribution in [3.05, 3.63) is 35.2 Å². The van der Waals surface area contributed by atoms with Gasteiger partial charge in [-0.05, 0) is 23.3 Å². The molecule has 2 heterocycles. The number of nitrogens with one attached hydrogen (secondary N) is 1. The highest BCUT2D eigenvalue weighted by Gasteiger charge is 2.12. The van der Waals surface area contributed by atoms with E-state index in [1.165, 1.54) is 11.1 Å². The van der Waals surface area contributed by atoms with Crippen LogP contribution in [0, 0.1) is 0 Å². The molecule has 0 spiro atoms. The lowest BCUT2D eigenvalue weighted by Gasteiger charge is -2.03. The molecule has 0 atom stereocenters. The first kappa shape index (κ1) is 10.2. The highest BCUT2D eigenvalue weighted by molar-refractivity contribution is 5.55. The number of fused-ring (bicyclic) bond motifs is 1. The minimum Gasteiger partial charge on any atom is -0.406 e. The van der Waals surface area contributed by atoms with Gasteiger partial charge in [0.1, 0.15) is 0 Å². The summed E-state index contributed by atoms with van der Waals surface area (Å²) in [5.41, 5.74) is 8.71. The first-order chi connectivity index (χ1) is 8.35. The first-order valence-corrected chi connectivity index (χ1v) is 5.34. The van der Waals surface area contributed by atoms with Crippen molar-refractivity contribution in [3.63, 3.8) is 0 Å². The van der Waals surface area contributed by atoms with Crippen molar-refractivity contribution in [3.8, 4) is 0 Å². The summed E-state index contributed by atoms with van der Waals surface area (Å²) in [5, 5.41) is 10.6. The lowest BCUT2D eigenvalue weighted by atomic mass is 10.1. The predicted molar refractivity (Wildman–Crippen MR) is 60.4 cm³/mol. The number of nitrogens with zero attached hydrogens (tertiary/aromatic N) is 2. The molecule has 3 N–H and O–H groups in total. The fraction of sp³-hybridized carbons (Fsp3) is 0.273. The summed E-state index contributed by atoms with van der Waals surface area (Å²) in [6.07, 6.45) is 0. The Morgan fingerprint density at radius 2 is 2.12 bits per heavy atom. The van der Waals surface area contributed by atoms with Crippen molar-refractivity contribution in [2.75, 3.05) is 5.32 Å². The van der Waals surface area contributed by atoms with E-state index in [4.69, 9.17) is 14.9 Å². The van der Waals surface area contributed by atoms with Crippen LogP contribution in [0.2, 0.25) is 0 Å². The molecule has 0 unspecified atom stereocenters. The van der Waals surface area contributed by atoms with Gasteiger partial charge in [0.25, 0.3) is 0 Å². The van der Waals surface area contributed by atoms with E-state index >= 15 is 0 Å². The van der Waals surface area contributed by atoms with E-state index in [0.29, 0.717) is 25.1 Å². The van der Waals surface area contributed by atoms with Crippen LogP contribution in [0.3, 0.4) is 0 Å². The molecule has 0 saturated heterocycles. The Morgan fingerprint density at radius 3 is 2.94 bits per heavy atom. The van der Waals surface area contributed by atoms with E-state index in [-0.39, 0.29) is 6.54 Å². The monoisotopic (exact) mass is 232 g/mol. The molecule has 6 nitrogen and oxygen atoms in total. The largest absolute Gasteiger partial charge is 0.406 e. The van der Waals surface area contributed by atoms with Crippen LogP contribution in [0.5, 0.6) is 0 Å². The van der Waals surface area contributed by atoms with E-state index in [2.05, 4.69) is 15.5 Å². The molecule has 0 aliphatic carbocycles. The predicted octanol–water partition coefficient (Wildman–Crippen LogP) is 1.30. The van der Waals surface area contributed by atoms with Gasteiger partial charge >= 0.3 is 6.01 Å². The second kappa shape index (κ2) is 4.15. The molecule has 1 aliphatic rings. The van der Waals surface area contributed by atoms with Gasteiger partial charge in [-0.3, -0.25) is 0 Å². The quantitative estimate of drug-likeness (QED) is 0.829. The second-order valence-electron chi connectivity index (χ2n) is 3.81. The van der Waals surface area contributed by atoms with Crippen LogP contribution >= 0.6 is 0 Å². The third-order valence-electron chi connectivity index (χ3n) is 2.61. The van der Waals surface area contributed by atoms with E-state index in [1.54, 1.807) is 0 Å². The lowest BCUT2D eigenvalue weighted by Crippen LogP contribution is -1.95. The van der Waals surface area contributed by atoms with Crippen molar-refractivity contribution in [1.82, 2.24) is 10.2 Å². The van der Waals surface area contributed by atoms with Crippen LogP contribution in [0.25, 0.3) is 0 Å². The minimum atomic E-state index is 0.243. The smallest absolute Gasteiger partial charge is 0.320 e. The van der Waals surface area contributed by atoms with Crippen LogP contribution in [0.4, 0.5) is 11.7 Å². The Balaban J connectivity index is 1.80. The highest BCUT2D eigenvalue weighted by atomic mass is 16.5. The number of rotatable bonds is 3. The molecule has 1 aromatic carbocycles. The standard InChI is InChI=1S/C11H12N4O2/c12-4-10-14-15-11(17-10)13-9-2-1-7-5-16-6-8(7)3-9/h1-3H,4-6,12H2,(H,13,15). The average molecular weight is 232 g/mol. The summed E-state index contributed by atoms with van der Waals surface area (Å²) in [6.45, 7) is 1.59. The Bertz CT molecular complexity index is 538. The maximum absolute atomic E-state index is 5.39. The Hall–Kier alpha value is -1.92. The van der Waals surface area contributed by atoms with Gasteiger partial charge in [0.05, 0.1) is 19.8 Å². The maximum atomic E-state index is 5.39. The molecule has 3 rings (SSSR count). The van der Waals surface area contributed by atoms with Gasteiger partial charge < -0.3 is 20.2 Å². The van der Waals surface area contributed by atoms with Crippen LogP contribution in [0.1, 0.15) is 17.0 Å². The van der Waals surface area contributed by atoms with E-state index in [1.807, 2.05) is 18.2 Å². The number of ether oxygens (including phenoxy) is 1. The molecular formula is C11H12N4O2. The van der Waals surface area contributed by atoms with Crippen LogP contribution in [-0.4, -0.2) is 10.2 Å². The second-order valence-corrected chi connectivity index (χ2v) is 3.81. The molecule has 88 valence electrons. The van der Waals surface area contributed by atoms with E-state index in [0.717, 1.165) is 5.69 Å². The zero-order chi connectivity index (χ0) is 11.7. The van der Waals surface area contributed by atoms with E-state index in [9.17, 15) is 0 Å². The number of hydrogen-bond donors (Lipinski definition) is 2. The summed E-state index contributed by atoms with van der Waals surface area (Å²) in [5.74, 6) is 0.414. The molecule has 17 heavy (non-hydrogen) atoms. The zero-order valence-corrected chi connectivity index (χ0v) is 9.14. The molecule has 1 aromatic heterocycles. The summed E-state index contributed by atoms with van der Waals surface area (Å²) in [7, 11) is 0. The molecule has 0 saturated carbocycles. The average Bonchev–Trinajstić information content (AvgIpc) is 2.96. The Labute approximate surface area is 97.8 Å². The van der Waals surface area contributed by atoms with E-state index < -0.39 is 0 Å². The first-order valence-electron chi connectivity index (χ1n) is 5.34. The summed E-state index contributed by atoms with van der Waals surface area (Å²) in [4.78, 5) is 0. The van der Waals surface area contributed by atoms with Gasteiger partial charge in [-0.1, -0.05) is 11.2 Å². The van der Waals surface area contributed by atoms with Crippen LogP contribution in [-0.2, 0) is 24.5 Å². The summed E-state index contributed by atoms with van der Waals surface area (Å²) in [6, 6.07) is 6.36. The van der Waals surface area contributed by atoms with Crippen molar-refractivity contribution >= 4 is 11.7 Å². The van der Waals surface area contributed by atoms with Gasteiger partial charge in [-0.15, -0.1) is 5.10 Å². The van der Waals surface area contributed by atoms with Crippen LogP contribution in [0.15, 0.2) is 22.6 Å². The zero-order valence-electron chi connectivity index (χ0n) is 9.14. The highest BCUT2D eigenvalue weighted by Crippen LogP contribution is 2.24. The topological polar surface area (TPSA) is 86.2 Å². The molecule has 0 fully saturated rings. The number of aromatic nitrogens is 2. The maximum Gasteiger partial charge on any atom is 0.320 e. The van der Waals surface area contributed by atoms with Crippen LogP contribution < -0.4 is 11.1 Å². The lowest BCUT2D eigenvalue weighted by molar-refractivity contribution is 0.134. The molecule has 0 bridgehead atoms. The van der Waals surface area contributed by atoms with Gasteiger partial charge in [0, 0.05) is 5.69 Å². The number of benzene rings is 1. The molecule has 6 heteroatoms. The van der Waals surface area contributed by atoms with Gasteiger partial charge in [0.2, 0.25) is 5.89 Å². The summed E-state index contributed by atoms with van der Waals surface area (Å²) >= 11 is 0. The van der Waals surface area contributed by atoms with Crippen molar-refractivity contribution < 1.29 is 9.15 Å². The van der Waals surface area contributed by atoms with Gasteiger partial charge in [0.15, 0.2) is 0 Å². The molecule has 0 amide bonds. The third kappa shape index (κ3) is 2.00. The fourth-order valence-electron chi connectivity index (χ4n) is 1.76. The summed E-state index contributed by atoms with van der Waals surface area (Å²) < 4.78 is 10.6. The molecular weight excluding hydrogens is 220 g/mol. The number of nitrogens with two attached hydrogens (primary N) is 1. The minimum absolute atomic E-state index is 0.243. The van der Waals surface area contributed by atoms with Crippen molar-refractivity contribution in [2.24, 2.45) is 5.73 Å². The van der Waals surface area contributed by atoms with Gasteiger partial charge in [-0.25, -0.2) is 0 Å². The van der Waals surface area contributed by atoms with Gasteiger partial charge in [-0.2, -0.15) is 0 Å². The van der Waals surface area contributed by atoms with Crippen molar-refractivity contribution in [2.45, 2.75) is 19.8 Å². The Morgan fingerprint density at radius 1 is 1.24 bits per heavy atom. The van der Waals surface area contributed by atoms with Crippen molar-refractivity contribution in [1.29, 1.82) is 0 Å². The molecule has 2 aromatic rings. The third-order valence-corrected chi connectivity index (χ3v) is 2.61. The Kier molecular flexibility index (Phi) is 2.50.